The molecule has 1 unspecified atom stereocenters. The molecule has 0 spiro atoms. The van der Waals surface area contributed by atoms with Crippen molar-refractivity contribution in [2.24, 2.45) is 0 Å². The number of anilines is 1. The summed E-state index contributed by atoms with van der Waals surface area (Å²) in [5, 5.41) is 3.04. The van der Waals surface area contributed by atoms with E-state index < -0.39 is 0 Å². The molecule has 1 saturated heterocycles. The Morgan fingerprint density at radius 2 is 1.96 bits per heavy atom. The topological polar surface area (TPSA) is 41.6 Å². The van der Waals surface area contributed by atoms with Gasteiger partial charge in [-0.15, -0.1) is 0 Å². The Labute approximate surface area is 154 Å². The number of carbonyl (C=O) groups excluding carboxylic acids is 1. The number of halogens is 1. The molecule has 1 fully saturated rings. The minimum Gasteiger partial charge on any atom is -0.483 e. The average Bonchev–Trinajstić information content (AvgIpc) is 2.61. The van der Waals surface area contributed by atoms with Crippen LogP contribution in [0.4, 0.5) is 10.1 Å². The van der Waals surface area contributed by atoms with E-state index in [-0.39, 0.29) is 24.4 Å². The van der Waals surface area contributed by atoms with Gasteiger partial charge in [0.15, 0.2) is 6.61 Å². The highest BCUT2D eigenvalue weighted by Crippen LogP contribution is 2.23. The van der Waals surface area contributed by atoms with Crippen molar-refractivity contribution in [1.29, 1.82) is 0 Å². The first-order valence-corrected chi connectivity index (χ1v) is 9.02. The minimum atomic E-state index is -0.240. The highest BCUT2D eigenvalue weighted by Gasteiger charge is 2.22. The molecule has 1 heterocycles. The molecule has 26 heavy (non-hydrogen) atoms. The van der Waals surface area contributed by atoms with Crippen molar-refractivity contribution >= 4 is 11.6 Å². The molecule has 2 aromatic carbocycles. The van der Waals surface area contributed by atoms with Crippen LogP contribution < -0.4 is 15.0 Å². The molecular formula is C21H25FN2O2. The van der Waals surface area contributed by atoms with Gasteiger partial charge in [0.25, 0.3) is 5.91 Å². The van der Waals surface area contributed by atoms with Gasteiger partial charge in [0.1, 0.15) is 11.6 Å². The SMILES string of the molecule is Cc1cccc(C)c1OCC(=O)NC1CCCN(c2cccc(F)c2)C1. The zero-order valence-electron chi connectivity index (χ0n) is 15.3. The summed E-state index contributed by atoms with van der Waals surface area (Å²) >= 11 is 0. The van der Waals surface area contributed by atoms with Crippen LogP contribution in [0.25, 0.3) is 0 Å². The summed E-state index contributed by atoms with van der Waals surface area (Å²) in [7, 11) is 0. The fraction of sp³-hybridized carbons (Fsp3) is 0.381. The number of para-hydroxylation sites is 1. The number of ether oxygens (including phenoxy) is 1. The van der Waals surface area contributed by atoms with E-state index in [1.165, 1.54) is 12.1 Å². The summed E-state index contributed by atoms with van der Waals surface area (Å²) < 4.78 is 19.2. The molecule has 0 aromatic heterocycles. The van der Waals surface area contributed by atoms with E-state index in [0.717, 1.165) is 42.0 Å². The van der Waals surface area contributed by atoms with Crippen LogP contribution >= 0.6 is 0 Å². The van der Waals surface area contributed by atoms with Gasteiger partial charge in [0.05, 0.1) is 0 Å². The van der Waals surface area contributed by atoms with Gasteiger partial charge >= 0.3 is 0 Å². The molecule has 0 saturated carbocycles. The van der Waals surface area contributed by atoms with Crippen molar-refractivity contribution in [3.63, 3.8) is 0 Å². The lowest BCUT2D eigenvalue weighted by atomic mass is 10.0. The number of nitrogens with zero attached hydrogens (tertiary/aromatic N) is 1. The first-order valence-electron chi connectivity index (χ1n) is 9.02. The molecule has 138 valence electrons. The molecule has 3 rings (SSSR count). The minimum absolute atomic E-state index is 0.00214. The van der Waals surface area contributed by atoms with Crippen LogP contribution in [0.15, 0.2) is 42.5 Å². The lowest BCUT2D eigenvalue weighted by Crippen LogP contribution is -2.49. The third kappa shape index (κ3) is 4.54. The summed E-state index contributed by atoms with van der Waals surface area (Å²) in [4.78, 5) is 14.4. The first kappa shape index (κ1) is 18.2. The van der Waals surface area contributed by atoms with Crippen LogP contribution in [0.2, 0.25) is 0 Å². The predicted octanol–water partition coefficient (Wildman–Crippen LogP) is 3.61. The van der Waals surface area contributed by atoms with E-state index in [0.29, 0.717) is 6.54 Å². The van der Waals surface area contributed by atoms with Crippen molar-refractivity contribution < 1.29 is 13.9 Å². The van der Waals surface area contributed by atoms with Gasteiger partial charge in [-0.1, -0.05) is 24.3 Å². The van der Waals surface area contributed by atoms with Gasteiger partial charge in [-0.05, 0) is 56.0 Å². The van der Waals surface area contributed by atoms with E-state index in [4.69, 9.17) is 4.74 Å². The molecule has 4 nitrogen and oxygen atoms in total. The number of nitrogens with one attached hydrogen (secondary N) is 1. The molecule has 1 N–H and O–H groups in total. The summed E-state index contributed by atoms with van der Waals surface area (Å²) in [6.07, 6.45) is 1.88. The highest BCUT2D eigenvalue weighted by atomic mass is 19.1. The summed E-state index contributed by atoms with van der Waals surface area (Å²) in [5.41, 5.74) is 2.90. The number of amides is 1. The van der Waals surface area contributed by atoms with Gasteiger partial charge in [-0.2, -0.15) is 0 Å². The fourth-order valence-corrected chi connectivity index (χ4v) is 3.44. The number of piperidine rings is 1. The van der Waals surface area contributed by atoms with Gasteiger partial charge < -0.3 is 15.0 Å². The Balaban J connectivity index is 1.54. The van der Waals surface area contributed by atoms with Crippen molar-refractivity contribution in [2.75, 3.05) is 24.6 Å². The third-order valence-corrected chi connectivity index (χ3v) is 4.72. The number of benzene rings is 2. The molecule has 2 aromatic rings. The lowest BCUT2D eigenvalue weighted by molar-refractivity contribution is -0.123. The van der Waals surface area contributed by atoms with Crippen molar-refractivity contribution in [3.05, 3.63) is 59.4 Å². The molecule has 1 aliphatic rings. The number of rotatable bonds is 5. The molecule has 1 aliphatic heterocycles. The molecule has 5 heteroatoms. The number of carbonyl (C=O) groups is 1. The number of hydrogen-bond acceptors (Lipinski definition) is 3. The van der Waals surface area contributed by atoms with Crippen LogP contribution in [0.3, 0.4) is 0 Å². The first-order chi connectivity index (χ1) is 12.5. The van der Waals surface area contributed by atoms with Gasteiger partial charge in [0, 0.05) is 24.8 Å². The molecule has 0 bridgehead atoms. The molecular weight excluding hydrogens is 331 g/mol. The van der Waals surface area contributed by atoms with Crippen LogP contribution in [0.1, 0.15) is 24.0 Å². The van der Waals surface area contributed by atoms with Gasteiger partial charge in [0.2, 0.25) is 0 Å². The number of aryl methyl sites for hydroxylation is 2. The van der Waals surface area contributed by atoms with Crippen LogP contribution in [-0.4, -0.2) is 31.6 Å². The summed E-state index contributed by atoms with van der Waals surface area (Å²) in [6, 6.07) is 12.5. The molecule has 0 aliphatic carbocycles. The third-order valence-electron chi connectivity index (χ3n) is 4.72. The molecule has 1 amide bonds. The maximum atomic E-state index is 13.4. The van der Waals surface area contributed by atoms with E-state index in [1.54, 1.807) is 6.07 Å². The van der Waals surface area contributed by atoms with Gasteiger partial charge in [-0.3, -0.25) is 4.79 Å². The highest BCUT2D eigenvalue weighted by molar-refractivity contribution is 5.78. The molecule has 1 atom stereocenters. The fourth-order valence-electron chi connectivity index (χ4n) is 3.44. The second-order valence-electron chi connectivity index (χ2n) is 6.84. The standard InChI is InChI=1S/C21H25FN2O2/c1-15-6-3-7-16(2)21(15)26-14-20(25)23-18-9-5-11-24(13-18)19-10-4-8-17(22)12-19/h3-4,6-8,10,12,18H,5,9,11,13-14H2,1-2H3,(H,23,25). The van der Waals surface area contributed by atoms with E-state index in [9.17, 15) is 9.18 Å². The van der Waals surface area contributed by atoms with E-state index in [2.05, 4.69) is 10.2 Å². The zero-order valence-corrected chi connectivity index (χ0v) is 15.3. The van der Waals surface area contributed by atoms with Crippen molar-refractivity contribution in [3.8, 4) is 5.75 Å². The van der Waals surface area contributed by atoms with E-state index in [1.807, 2.05) is 38.1 Å². The monoisotopic (exact) mass is 356 g/mol. The quantitative estimate of drug-likeness (QED) is 0.890. The number of hydrogen-bond donors (Lipinski definition) is 1. The van der Waals surface area contributed by atoms with Crippen molar-refractivity contribution in [1.82, 2.24) is 5.32 Å². The Morgan fingerprint density at radius 1 is 1.23 bits per heavy atom. The Hall–Kier alpha value is -2.56. The maximum absolute atomic E-state index is 13.4. The second-order valence-corrected chi connectivity index (χ2v) is 6.84. The average molecular weight is 356 g/mol. The van der Waals surface area contributed by atoms with Crippen LogP contribution in [-0.2, 0) is 4.79 Å². The second kappa shape index (κ2) is 8.21. The van der Waals surface area contributed by atoms with Crippen LogP contribution in [0.5, 0.6) is 5.75 Å². The normalized spacial score (nSPS) is 17.0. The molecule has 0 radical (unpaired) electrons. The Morgan fingerprint density at radius 3 is 2.69 bits per heavy atom. The largest absolute Gasteiger partial charge is 0.483 e. The Kier molecular flexibility index (Phi) is 5.76. The zero-order chi connectivity index (χ0) is 18.5. The Bertz CT molecular complexity index is 758. The predicted molar refractivity (Wildman–Crippen MR) is 101 cm³/mol. The smallest absolute Gasteiger partial charge is 0.258 e. The van der Waals surface area contributed by atoms with E-state index >= 15 is 0 Å². The lowest BCUT2D eigenvalue weighted by Gasteiger charge is -2.34. The maximum Gasteiger partial charge on any atom is 0.258 e. The summed E-state index contributed by atoms with van der Waals surface area (Å²) in [5.74, 6) is 0.405. The van der Waals surface area contributed by atoms with Crippen LogP contribution in [0, 0.1) is 19.7 Å². The van der Waals surface area contributed by atoms with Gasteiger partial charge in [-0.25, -0.2) is 4.39 Å². The summed E-state index contributed by atoms with van der Waals surface area (Å²) in [6.45, 7) is 5.49. The van der Waals surface area contributed by atoms with Crippen molar-refractivity contribution in [2.45, 2.75) is 32.7 Å².